The lowest BCUT2D eigenvalue weighted by molar-refractivity contribution is -0.137. The summed E-state index contributed by atoms with van der Waals surface area (Å²) >= 11 is 1.54. The molecule has 1 N–H and O–H groups in total. The first-order valence-electron chi connectivity index (χ1n) is 5.95. The molecule has 0 radical (unpaired) electrons. The number of benzene rings is 1. The Morgan fingerprint density at radius 3 is 2.58 bits per heavy atom. The van der Waals surface area contributed by atoms with E-state index in [1.54, 1.807) is 6.07 Å². The summed E-state index contributed by atoms with van der Waals surface area (Å²) in [4.78, 5) is 0. The van der Waals surface area contributed by atoms with Crippen LogP contribution in [0.2, 0.25) is 0 Å². The SMILES string of the molecule is CCNC(c1ccsc1)c1cccc(C(F)(F)F)c1. The van der Waals surface area contributed by atoms with E-state index in [1.807, 2.05) is 23.8 Å². The van der Waals surface area contributed by atoms with Gasteiger partial charge in [-0.25, -0.2) is 0 Å². The largest absolute Gasteiger partial charge is 0.416 e. The second-order valence-electron chi connectivity index (χ2n) is 4.17. The topological polar surface area (TPSA) is 12.0 Å². The summed E-state index contributed by atoms with van der Waals surface area (Å²) in [6.45, 7) is 2.63. The standard InChI is InChI=1S/C14H14F3NS/c1-2-18-13(11-6-7-19-9-11)10-4-3-5-12(8-10)14(15,16)17/h3-9,13,18H,2H2,1H3. The molecule has 0 bridgehead atoms. The van der Waals surface area contributed by atoms with E-state index in [1.165, 1.54) is 23.5 Å². The molecule has 0 aliphatic carbocycles. The molecule has 1 aromatic heterocycles. The van der Waals surface area contributed by atoms with Gasteiger partial charge in [0.1, 0.15) is 0 Å². The van der Waals surface area contributed by atoms with Crippen molar-refractivity contribution in [2.45, 2.75) is 19.1 Å². The fourth-order valence-electron chi connectivity index (χ4n) is 1.97. The second-order valence-corrected chi connectivity index (χ2v) is 4.95. The smallest absolute Gasteiger partial charge is 0.307 e. The van der Waals surface area contributed by atoms with Crippen LogP contribution in [0.4, 0.5) is 13.2 Å². The molecule has 0 spiro atoms. The zero-order chi connectivity index (χ0) is 13.9. The number of nitrogens with one attached hydrogen (secondary N) is 1. The van der Waals surface area contributed by atoms with E-state index >= 15 is 0 Å². The van der Waals surface area contributed by atoms with Crippen LogP contribution in [0, 0.1) is 0 Å². The Morgan fingerprint density at radius 2 is 2.00 bits per heavy atom. The first-order chi connectivity index (χ1) is 9.02. The maximum atomic E-state index is 12.7. The molecule has 2 rings (SSSR count). The third kappa shape index (κ3) is 3.36. The molecule has 2 aromatic rings. The van der Waals surface area contributed by atoms with Gasteiger partial charge in [-0.3, -0.25) is 0 Å². The molecular formula is C14H14F3NS. The minimum absolute atomic E-state index is 0.196. The van der Waals surface area contributed by atoms with Gasteiger partial charge in [-0.1, -0.05) is 19.1 Å². The zero-order valence-electron chi connectivity index (χ0n) is 10.4. The maximum absolute atomic E-state index is 12.7. The molecule has 1 atom stereocenters. The van der Waals surface area contributed by atoms with E-state index in [2.05, 4.69) is 5.32 Å². The molecule has 0 saturated carbocycles. The minimum Gasteiger partial charge on any atom is -0.307 e. The van der Waals surface area contributed by atoms with Gasteiger partial charge in [0.25, 0.3) is 0 Å². The Hall–Kier alpha value is -1.33. The van der Waals surface area contributed by atoms with Gasteiger partial charge < -0.3 is 5.32 Å². The molecule has 1 unspecified atom stereocenters. The number of hydrogen-bond donors (Lipinski definition) is 1. The molecule has 1 heterocycles. The van der Waals surface area contributed by atoms with E-state index in [0.29, 0.717) is 12.1 Å². The summed E-state index contributed by atoms with van der Waals surface area (Å²) < 4.78 is 38.2. The van der Waals surface area contributed by atoms with Crippen LogP contribution in [0.3, 0.4) is 0 Å². The monoisotopic (exact) mass is 285 g/mol. The van der Waals surface area contributed by atoms with Crippen molar-refractivity contribution in [3.8, 4) is 0 Å². The van der Waals surface area contributed by atoms with Crippen molar-refractivity contribution in [3.63, 3.8) is 0 Å². The third-order valence-corrected chi connectivity index (χ3v) is 3.53. The third-order valence-electron chi connectivity index (χ3n) is 2.83. The quantitative estimate of drug-likeness (QED) is 0.874. The zero-order valence-corrected chi connectivity index (χ0v) is 11.2. The van der Waals surface area contributed by atoms with Gasteiger partial charge in [-0.2, -0.15) is 24.5 Å². The molecule has 5 heteroatoms. The lowest BCUT2D eigenvalue weighted by Crippen LogP contribution is -2.22. The molecule has 0 fully saturated rings. The molecule has 0 amide bonds. The highest BCUT2D eigenvalue weighted by Gasteiger charge is 2.31. The Balaban J connectivity index is 2.37. The average molecular weight is 285 g/mol. The van der Waals surface area contributed by atoms with Crippen LogP contribution < -0.4 is 5.32 Å². The van der Waals surface area contributed by atoms with E-state index in [9.17, 15) is 13.2 Å². The number of hydrogen-bond acceptors (Lipinski definition) is 2. The van der Waals surface area contributed by atoms with E-state index in [4.69, 9.17) is 0 Å². The number of halogens is 3. The van der Waals surface area contributed by atoms with Crippen molar-refractivity contribution in [1.29, 1.82) is 0 Å². The fourth-order valence-corrected chi connectivity index (χ4v) is 2.65. The second kappa shape index (κ2) is 5.75. The van der Waals surface area contributed by atoms with Crippen LogP contribution in [0.1, 0.15) is 29.7 Å². The lowest BCUT2D eigenvalue weighted by atomic mass is 9.99. The van der Waals surface area contributed by atoms with Gasteiger partial charge in [0.2, 0.25) is 0 Å². The van der Waals surface area contributed by atoms with Gasteiger partial charge in [-0.15, -0.1) is 0 Å². The normalized spacial score (nSPS) is 13.5. The number of thiophene rings is 1. The number of alkyl halides is 3. The molecule has 102 valence electrons. The van der Waals surface area contributed by atoms with Crippen molar-refractivity contribution in [2.75, 3.05) is 6.54 Å². The highest BCUT2D eigenvalue weighted by molar-refractivity contribution is 7.08. The predicted molar refractivity (Wildman–Crippen MR) is 71.3 cm³/mol. The molecule has 19 heavy (non-hydrogen) atoms. The molecule has 0 saturated heterocycles. The molecule has 1 aromatic carbocycles. The highest BCUT2D eigenvalue weighted by atomic mass is 32.1. The highest BCUT2D eigenvalue weighted by Crippen LogP contribution is 2.32. The molecule has 0 aliphatic rings. The minimum atomic E-state index is -4.30. The van der Waals surface area contributed by atoms with Crippen molar-refractivity contribution >= 4 is 11.3 Å². The van der Waals surface area contributed by atoms with Gasteiger partial charge in [-0.05, 0) is 46.6 Å². The Morgan fingerprint density at radius 1 is 1.21 bits per heavy atom. The maximum Gasteiger partial charge on any atom is 0.416 e. The van der Waals surface area contributed by atoms with Gasteiger partial charge in [0, 0.05) is 0 Å². The molecule has 1 nitrogen and oxygen atoms in total. The van der Waals surface area contributed by atoms with Crippen LogP contribution in [0.25, 0.3) is 0 Å². The summed E-state index contributed by atoms with van der Waals surface area (Å²) in [6, 6.07) is 7.22. The Bertz CT molecular complexity index is 520. The first kappa shape index (κ1) is 14.1. The summed E-state index contributed by atoms with van der Waals surface area (Å²) in [5.74, 6) is 0. The van der Waals surface area contributed by atoms with Crippen LogP contribution in [0.5, 0.6) is 0 Å². The van der Waals surface area contributed by atoms with Crippen LogP contribution in [-0.4, -0.2) is 6.54 Å². The Labute approximate surface area is 114 Å². The average Bonchev–Trinajstić information content (AvgIpc) is 2.88. The Kier molecular flexibility index (Phi) is 4.27. The predicted octanol–water partition coefficient (Wildman–Crippen LogP) is 4.47. The van der Waals surface area contributed by atoms with Crippen LogP contribution in [0.15, 0.2) is 41.1 Å². The van der Waals surface area contributed by atoms with Gasteiger partial charge in [0.15, 0.2) is 0 Å². The van der Waals surface area contributed by atoms with Crippen LogP contribution in [-0.2, 0) is 6.18 Å². The van der Waals surface area contributed by atoms with Crippen LogP contribution >= 0.6 is 11.3 Å². The van der Waals surface area contributed by atoms with Gasteiger partial charge >= 0.3 is 6.18 Å². The van der Waals surface area contributed by atoms with Crippen molar-refractivity contribution in [1.82, 2.24) is 5.32 Å². The van der Waals surface area contributed by atoms with Crippen molar-refractivity contribution < 1.29 is 13.2 Å². The van der Waals surface area contributed by atoms with Crippen molar-refractivity contribution in [2.24, 2.45) is 0 Å². The van der Waals surface area contributed by atoms with Crippen molar-refractivity contribution in [3.05, 3.63) is 57.8 Å². The van der Waals surface area contributed by atoms with E-state index in [0.717, 1.165) is 11.6 Å². The van der Waals surface area contributed by atoms with Gasteiger partial charge in [0.05, 0.1) is 11.6 Å². The lowest BCUT2D eigenvalue weighted by Gasteiger charge is -2.18. The van der Waals surface area contributed by atoms with E-state index in [-0.39, 0.29) is 6.04 Å². The molecule has 0 aliphatic heterocycles. The summed E-state index contributed by atoms with van der Waals surface area (Å²) in [7, 11) is 0. The number of rotatable bonds is 4. The summed E-state index contributed by atoms with van der Waals surface area (Å²) in [5, 5.41) is 7.10. The first-order valence-corrected chi connectivity index (χ1v) is 6.89. The van der Waals surface area contributed by atoms with E-state index < -0.39 is 11.7 Å². The fraction of sp³-hybridized carbons (Fsp3) is 0.286. The summed E-state index contributed by atoms with van der Waals surface area (Å²) in [5.41, 5.74) is 1.02. The molecular weight excluding hydrogens is 271 g/mol. The summed E-state index contributed by atoms with van der Waals surface area (Å²) in [6.07, 6.45) is -4.30.